The molecule has 2 aliphatic rings. The zero-order valence-corrected chi connectivity index (χ0v) is 16.6. The molecule has 2 N–H and O–H groups in total. The molecule has 7 nitrogen and oxygen atoms in total. The Bertz CT molecular complexity index is 810. The molecule has 2 heterocycles. The van der Waals surface area contributed by atoms with Crippen LogP contribution in [0.1, 0.15) is 31.7 Å². The van der Waals surface area contributed by atoms with E-state index < -0.39 is 10.0 Å². The predicted molar refractivity (Wildman–Crippen MR) is 103 cm³/mol. The second-order valence-electron chi connectivity index (χ2n) is 6.75. The van der Waals surface area contributed by atoms with Crippen LogP contribution in [0.3, 0.4) is 0 Å². The largest absolute Gasteiger partial charge is 0.349 e. The molecule has 1 saturated heterocycles. The number of hydrogen-bond donors (Lipinski definition) is 1. The third kappa shape index (κ3) is 3.87. The van der Waals surface area contributed by atoms with Gasteiger partial charge in [0.25, 0.3) is 10.0 Å². The minimum Gasteiger partial charge on any atom is -0.349 e. The number of amidine groups is 1. The fraction of sp³-hybridized carbons (Fsp3) is 0.529. The quantitative estimate of drug-likeness (QED) is 0.822. The van der Waals surface area contributed by atoms with Gasteiger partial charge in [-0.1, -0.05) is 12.1 Å². The van der Waals surface area contributed by atoms with Gasteiger partial charge >= 0.3 is 0 Å². The van der Waals surface area contributed by atoms with Crippen LogP contribution in [0.25, 0.3) is 0 Å². The van der Waals surface area contributed by atoms with Crippen LogP contribution in [0.4, 0.5) is 0 Å². The van der Waals surface area contributed by atoms with Gasteiger partial charge in [-0.05, 0) is 38.3 Å². The molecular weight excluding hydrogens is 376 g/mol. The van der Waals surface area contributed by atoms with Gasteiger partial charge < -0.3 is 15.5 Å². The maximum absolute atomic E-state index is 12.8. The van der Waals surface area contributed by atoms with Crippen molar-refractivity contribution >= 4 is 34.2 Å². The van der Waals surface area contributed by atoms with Crippen molar-refractivity contribution in [1.82, 2.24) is 9.80 Å². The van der Waals surface area contributed by atoms with E-state index in [-0.39, 0.29) is 41.8 Å². The summed E-state index contributed by atoms with van der Waals surface area (Å²) < 4.78 is 28.2. The number of nitrogens with two attached hydrogens (primary N) is 1. The van der Waals surface area contributed by atoms with E-state index in [1.54, 1.807) is 30.1 Å². The Morgan fingerprint density at radius 1 is 1.38 bits per heavy atom. The molecule has 2 aliphatic heterocycles. The molecule has 9 heteroatoms. The smallest absolute Gasteiger partial charge is 0.285 e. The van der Waals surface area contributed by atoms with Crippen LogP contribution in [-0.2, 0) is 14.8 Å². The molecule has 1 fully saturated rings. The maximum Gasteiger partial charge on any atom is 0.285 e. The number of carbonyl (C=O) groups is 1. The number of sulfonamides is 1. The van der Waals surface area contributed by atoms with Gasteiger partial charge in [0, 0.05) is 31.2 Å². The number of benzene rings is 1. The second-order valence-corrected chi connectivity index (χ2v) is 8.32. The highest BCUT2D eigenvalue weighted by Gasteiger charge is 2.33. The van der Waals surface area contributed by atoms with E-state index in [1.165, 1.54) is 6.07 Å². The molecular formula is C17H25ClN4O3S. The van der Waals surface area contributed by atoms with Crippen LogP contribution in [0.5, 0.6) is 0 Å². The summed E-state index contributed by atoms with van der Waals surface area (Å²) in [5, 5.41) is 0. The number of piperidine rings is 1. The molecule has 26 heavy (non-hydrogen) atoms. The Morgan fingerprint density at radius 2 is 2.08 bits per heavy atom. The number of fused-ring (bicyclic) bond motifs is 1. The highest BCUT2D eigenvalue weighted by atomic mass is 35.5. The summed E-state index contributed by atoms with van der Waals surface area (Å²) >= 11 is 0. The molecule has 144 valence electrons. The summed E-state index contributed by atoms with van der Waals surface area (Å²) in [4.78, 5) is 16.4. The Balaban J connectivity index is 0.00000243. The number of amides is 1. The molecule has 0 spiro atoms. The zero-order chi connectivity index (χ0) is 18.2. The maximum atomic E-state index is 12.8. The van der Waals surface area contributed by atoms with Gasteiger partial charge in [0.05, 0.1) is 6.54 Å². The lowest BCUT2D eigenvalue weighted by molar-refractivity contribution is -0.135. The van der Waals surface area contributed by atoms with Crippen molar-refractivity contribution in [2.45, 2.75) is 43.2 Å². The molecule has 1 amide bonds. The summed E-state index contributed by atoms with van der Waals surface area (Å²) in [5.41, 5.74) is 6.58. The van der Waals surface area contributed by atoms with Crippen LogP contribution in [0.15, 0.2) is 33.6 Å². The lowest BCUT2D eigenvalue weighted by atomic mass is 9.97. The molecule has 2 unspecified atom stereocenters. The number of carbonyl (C=O) groups excluding carboxylic acids is 1. The lowest BCUT2D eigenvalue weighted by Crippen LogP contribution is -2.54. The van der Waals surface area contributed by atoms with E-state index in [0.717, 1.165) is 19.3 Å². The van der Waals surface area contributed by atoms with Crippen LogP contribution >= 0.6 is 12.4 Å². The normalized spacial score (nSPS) is 22.0. The minimum absolute atomic E-state index is 0. The van der Waals surface area contributed by atoms with Crippen molar-refractivity contribution in [2.24, 2.45) is 10.1 Å². The van der Waals surface area contributed by atoms with Crippen molar-refractivity contribution in [2.75, 3.05) is 20.1 Å². The SMILES string of the molecule is CC(N)C1CCCCN1C(=O)CN(C)C1=NS(=O)(=O)c2ccccc21.Cl. The van der Waals surface area contributed by atoms with Crippen molar-refractivity contribution in [1.29, 1.82) is 0 Å². The van der Waals surface area contributed by atoms with Crippen LogP contribution in [0.2, 0.25) is 0 Å². The molecule has 0 bridgehead atoms. The standard InChI is InChI=1S/C17H24N4O3S.ClH/c1-12(18)14-8-5-6-10-21(14)16(22)11-20(2)17-13-7-3-4-9-15(13)25(23,24)19-17;/h3-4,7,9,12,14H,5-6,8,10-11,18H2,1-2H3;1H. The number of rotatable bonds is 3. The number of nitrogens with zero attached hydrogens (tertiary/aromatic N) is 3. The summed E-state index contributed by atoms with van der Waals surface area (Å²) in [6.07, 6.45) is 2.95. The minimum atomic E-state index is -3.68. The molecule has 0 aromatic heterocycles. The molecule has 0 aliphatic carbocycles. The monoisotopic (exact) mass is 400 g/mol. The lowest BCUT2D eigenvalue weighted by Gasteiger charge is -2.39. The highest BCUT2D eigenvalue weighted by Crippen LogP contribution is 2.27. The van der Waals surface area contributed by atoms with Gasteiger partial charge in [0.2, 0.25) is 5.91 Å². The summed E-state index contributed by atoms with van der Waals surface area (Å²) in [6, 6.07) is 6.64. The van der Waals surface area contributed by atoms with E-state index in [2.05, 4.69) is 4.40 Å². The summed E-state index contributed by atoms with van der Waals surface area (Å²) in [6.45, 7) is 2.69. The van der Waals surface area contributed by atoms with Gasteiger partial charge in [-0.15, -0.1) is 16.8 Å². The second kappa shape index (κ2) is 7.94. The first kappa shape index (κ1) is 20.7. The Hall–Kier alpha value is -1.64. The summed E-state index contributed by atoms with van der Waals surface area (Å²) in [7, 11) is -1.99. The fourth-order valence-electron chi connectivity index (χ4n) is 3.55. The third-order valence-corrected chi connectivity index (χ3v) is 6.15. The molecule has 1 aromatic carbocycles. The first-order valence-electron chi connectivity index (χ1n) is 8.52. The number of hydrogen-bond acceptors (Lipinski definition) is 5. The average molecular weight is 401 g/mol. The summed E-state index contributed by atoms with van der Waals surface area (Å²) in [5.74, 6) is 0.271. The number of halogens is 1. The molecule has 3 rings (SSSR count). The van der Waals surface area contributed by atoms with Gasteiger partial charge in [0.15, 0.2) is 5.84 Å². The van der Waals surface area contributed by atoms with E-state index >= 15 is 0 Å². The van der Waals surface area contributed by atoms with Crippen molar-refractivity contribution < 1.29 is 13.2 Å². The topological polar surface area (TPSA) is 96.1 Å². The molecule has 0 saturated carbocycles. The van der Waals surface area contributed by atoms with Gasteiger partial charge in [-0.25, -0.2) is 0 Å². The van der Waals surface area contributed by atoms with Crippen molar-refractivity contribution in [3.8, 4) is 0 Å². The Labute approximate surface area is 160 Å². The van der Waals surface area contributed by atoms with E-state index in [1.807, 2.05) is 11.8 Å². The number of likely N-dealkylation sites (tertiary alicyclic amines) is 1. The van der Waals surface area contributed by atoms with E-state index in [0.29, 0.717) is 17.9 Å². The molecule has 0 radical (unpaired) electrons. The number of likely N-dealkylation sites (N-methyl/N-ethyl adjacent to an activating group) is 1. The van der Waals surface area contributed by atoms with Crippen LogP contribution < -0.4 is 5.73 Å². The van der Waals surface area contributed by atoms with Crippen LogP contribution in [0, 0.1) is 0 Å². The van der Waals surface area contributed by atoms with Crippen molar-refractivity contribution in [3.05, 3.63) is 29.8 Å². The Morgan fingerprint density at radius 3 is 2.77 bits per heavy atom. The van der Waals surface area contributed by atoms with E-state index in [4.69, 9.17) is 5.73 Å². The molecule has 1 aromatic rings. The van der Waals surface area contributed by atoms with Crippen molar-refractivity contribution in [3.63, 3.8) is 0 Å². The zero-order valence-electron chi connectivity index (χ0n) is 15.0. The van der Waals surface area contributed by atoms with Gasteiger partial charge in [-0.3, -0.25) is 4.79 Å². The first-order chi connectivity index (χ1) is 11.8. The highest BCUT2D eigenvalue weighted by molar-refractivity contribution is 7.90. The average Bonchev–Trinajstić information content (AvgIpc) is 2.87. The van der Waals surface area contributed by atoms with E-state index in [9.17, 15) is 13.2 Å². The van der Waals surface area contributed by atoms with Crippen LogP contribution in [-0.4, -0.2) is 62.2 Å². The molecule has 2 atom stereocenters. The van der Waals surface area contributed by atoms with Gasteiger partial charge in [-0.2, -0.15) is 8.42 Å². The predicted octanol–water partition coefficient (Wildman–Crippen LogP) is 1.22. The van der Waals surface area contributed by atoms with Gasteiger partial charge in [0.1, 0.15) is 4.90 Å². The fourth-order valence-corrected chi connectivity index (χ4v) is 4.80. The Kier molecular flexibility index (Phi) is 6.31. The first-order valence-corrected chi connectivity index (χ1v) is 9.96. The third-order valence-electron chi connectivity index (χ3n) is 4.82.